The number of hydrogen-bond acceptors (Lipinski definition) is 4. The molecule has 1 heterocycles. The lowest BCUT2D eigenvalue weighted by Crippen LogP contribution is -2.10. The lowest BCUT2D eigenvalue weighted by molar-refractivity contribution is 0.686. The Kier molecular flexibility index (Phi) is 5.02. The van der Waals surface area contributed by atoms with E-state index in [1.54, 1.807) is 0 Å². The first kappa shape index (κ1) is 15.6. The summed E-state index contributed by atoms with van der Waals surface area (Å²) >= 11 is 6.14. The molecule has 0 spiro atoms. The Morgan fingerprint density at radius 1 is 1.14 bits per heavy atom. The molecule has 0 aliphatic rings. The zero-order valence-electron chi connectivity index (χ0n) is 12.9. The van der Waals surface area contributed by atoms with Gasteiger partial charge < -0.3 is 10.6 Å². The number of aromatic nitrogens is 2. The van der Waals surface area contributed by atoms with Crippen molar-refractivity contribution >= 4 is 28.9 Å². The van der Waals surface area contributed by atoms with E-state index in [1.165, 1.54) is 0 Å². The maximum Gasteiger partial charge on any atom is 0.136 e. The molecule has 112 valence electrons. The molecule has 2 rings (SSSR count). The molecule has 1 aromatic heterocycles. The van der Waals surface area contributed by atoms with Crippen molar-refractivity contribution in [3.63, 3.8) is 0 Å². The van der Waals surface area contributed by atoms with E-state index in [9.17, 15) is 0 Å². The average molecular weight is 305 g/mol. The van der Waals surface area contributed by atoms with E-state index in [-0.39, 0.29) is 0 Å². The number of aryl methyl sites for hydroxylation is 1. The van der Waals surface area contributed by atoms with Gasteiger partial charge in [0.2, 0.25) is 0 Å². The summed E-state index contributed by atoms with van der Waals surface area (Å²) in [6, 6.07) is 7.70. The lowest BCUT2D eigenvalue weighted by atomic mass is 10.2. The molecule has 21 heavy (non-hydrogen) atoms. The SMILES string of the molecule is Cc1nc(NCC(C)C)cc(Nc2cccc(Cl)c2C)n1. The molecule has 4 nitrogen and oxygen atoms in total. The molecule has 0 atom stereocenters. The van der Waals surface area contributed by atoms with Crippen LogP contribution in [0.1, 0.15) is 25.2 Å². The normalized spacial score (nSPS) is 10.8. The van der Waals surface area contributed by atoms with Crippen LogP contribution in [-0.4, -0.2) is 16.5 Å². The number of benzene rings is 1. The fourth-order valence-corrected chi connectivity index (χ4v) is 2.09. The van der Waals surface area contributed by atoms with Gasteiger partial charge in [-0.2, -0.15) is 0 Å². The molecule has 0 aliphatic heterocycles. The summed E-state index contributed by atoms with van der Waals surface area (Å²) in [6.45, 7) is 9.07. The first-order valence-corrected chi connectivity index (χ1v) is 7.45. The van der Waals surface area contributed by atoms with Gasteiger partial charge in [0.15, 0.2) is 0 Å². The van der Waals surface area contributed by atoms with Gasteiger partial charge in [0, 0.05) is 23.3 Å². The Morgan fingerprint density at radius 2 is 1.86 bits per heavy atom. The predicted molar refractivity (Wildman–Crippen MR) is 89.6 cm³/mol. The molecular formula is C16H21ClN4. The van der Waals surface area contributed by atoms with Crippen molar-refractivity contribution in [3.8, 4) is 0 Å². The zero-order chi connectivity index (χ0) is 15.4. The van der Waals surface area contributed by atoms with Gasteiger partial charge in [0.05, 0.1) is 0 Å². The van der Waals surface area contributed by atoms with Gasteiger partial charge in [-0.05, 0) is 37.5 Å². The van der Waals surface area contributed by atoms with Crippen LogP contribution in [0.3, 0.4) is 0 Å². The monoisotopic (exact) mass is 304 g/mol. The summed E-state index contributed by atoms with van der Waals surface area (Å²) in [4.78, 5) is 8.82. The fraction of sp³-hybridized carbons (Fsp3) is 0.375. The topological polar surface area (TPSA) is 49.8 Å². The molecule has 0 radical (unpaired) electrons. The summed E-state index contributed by atoms with van der Waals surface area (Å²) in [5.74, 6) is 2.88. The van der Waals surface area contributed by atoms with Gasteiger partial charge in [-0.25, -0.2) is 9.97 Å². The van der Waals surface area contributed by atoms with Gasteiger partial charge >= 0.3 is 0 Å². The van der Waals surface area contributed by atoms with E-state index < -0.39 is 0 Å². The van der Waals surface area contributed by atoms with Crippen molar-refractivity contribution in [2.75, 3.05) is 17.2 Å². The number of nitrogens with one attached hydrogen (secondary N) is 2. The Hall–Kier alpha value is -1.81. The molecule has 2 aromatic rings. The van der Waals surface area contributed by atoms with E-state index in [4.69, 9.17) is 11.6 Å². The minimum absolute atomic E-state index is 0.562. The highest BCUT2D eigenvalue weighted by molar-refractivity contribution is 6.31. The molecule has 5 heteroatoms. The highest BCUT2D eigenvalue weighted by atomic mass is 35.5. The van der Waals surface area contributed by atoms with Crippen molar-refractivity contribution in [3.05, 3.63) is 40.7 Å². The van der Waals surface area contributed by atoms with Gasteiger partial charge in [0.1, 0.15) is 17.5 Å². The van der Waals surface area contributed by atoms with Crippen molar-refractivity contribution in [1.82, 2.24) is 9.97 Å². The lowest BCUT2D eigenvalue weighted by Gasteiger charge is -2.13. The number of nitrogens with zero attached hydrogens (tertiary/aromatic N) is 2. The van der Waals surface area contributed by atoms with Crippen LogP contribution in [0.25, 0.3) is 0 Å². The van der Waals surface area contributed by atoms with E-state index >= 15 is 0 Å². The summed E-state index contributed by atoms with van der Waals surface area (Å²) in [6.07, 6.45) is 0. The van der Waals surface area contributed by atoms with Gasteiger partial charge in [-0.3, -0.25) is 0 Å². The number of anilines is 3. The molecule has 0 saturated carbocycles. The highest BCUT2D eigenvalue weighted by Crippen LogP contribution is 2.26. The van der Waals surface area contributed by atoms with E-state index in [0.717, 1.165) is 40.3 Å². The van der Waals surface area contributed by atoms with Crippen LogP contribution in [0.15, 0.2) is 24.3 Å². The van der Waals surface area contributed by atoms with Crippen LogP contribution in [0.5, 0.6) is 0 Å². The summed E-state index contributed by atoms with van der Waals surface area (Å²) < 4.78 is 0. The van der Waals surface area contributed by atoms with Crippen molar-refractivity contribution < 1.29 is 0 Å². The maximum absolute atomic E-state index is 6.14. The summed E-state index contributed by atoms with van der Waals surface area (Å²) in [5.41, 5.74) is 1.96. The summed E-state index contributed by atoms with van der Waals surface area (Å²) in [7, 11) is 0. The minimum Gasteiger partial charge on any atom is -0.370 e. The Bertz CT molecular complexity index is 626. The van der Waals surface area contributed by atoms with Crippen LogP contribution in [-0.2, 0) is 0 Å². The molecule has 0 amide bonds. The Labute approximate surface area is 131 Å². The first-order chi connectivity index (χ1) is 9.95. The molecule has 0 unspecified atom stereocenters. The standard InChI is InChI=1S/C16H21ClN4/c1-10(2)9-18-15-8-16(20-12(4)19-15)21-14-7-5-6-13(17)11(14)3/h5-8,10H,9H2,1-4H3,(H2,18,19,20,21). The molecule has 1 aromatic carbocycles. The van der Waals surface area contributed by atoms with Crippen molar-refractivity contribution in [1.29, 1.82) is 0 Å². The van der Waals surface area contributed by atoms with E-state index in [2.05, 4.69) is 34.4 Å². The van der Waals surface area contributed by atoms with Crippen LogP contribution >= 0.6 is 11.6 Å². The van der Waals surface area contributed by atoms with Gasteiger partial charge in [-0.1, -0.05) is 31.5 Å². The molecule has 0 saturated heterocycles. The van der Waals surface area contributed by atoms with Crippen LogP contribution in [0, 0.1) is 19.8 Å². The highest BCUT2D eigenvalue weighted by Gasteiger charge is 2.06. The predicted octanol–water partition coefficient (Wildman–Crippen LogP) is 4.56. The average Bonchev–Trinajstić information content (AvgIpc) is 2.41. The van der Waals surface area contributed by atoms with E-state index in [1.807, 2.05) is 38.1 Å². The molecule has 2 N–H and O–H groups in total. The van der Waals surface area contributed by atoms with Crippen molar-refractivity contribution in [2.24, 2.45) is 5.92 Å². The number of halogens is 1. The van der Waals surface area contributed by atoms with Crippen molar-refractivity contribution in [2.45, 2.75) is 27.7 Å². The third kappa shape index (κ3) is 4.33. The fourth-order valence-electron chi connectivity index (χ4n) is 1.91. The second-order valence-electron chi connectivity index (χ2n) is 5.50. The molecule has 0 bridgehead atoms. The largest absolute Gasteiger partial charge is 0.370 e. The summed E-state index contributed by atoms with van der Waals surface area (Å²) in [5, 5.41) is 7.37. The quantitative estimate of drug-likeness (QED) is 0.850. The first-order valence-electron chi connectivity index (χ1n) is 7.07. The Morgan fingerprint density at radius 3 is 2.57 bits per heavy atom. The van der Waals surface area contributed by atoms with E-state index in [0.29, 0.717) is 5.92 Å². The minimum atomic E-state index is 0.562. The molecular weight excluding hydrogens is 284 g/mol. The van der Waals surface area contributed by atoms with Crippen LogP contribution in [0.4, 0.5) is 17.3 Å². The zero-order valence-corrected chi connectivity index (χ0v) is 13.6. The second kappa shape index (κ2) is 6.76. The number of hydrogen-bond donors (Lipinski definition) is 2. The number of rotatable bonds is 5. The maximum atomic E-state index is 6.14. The van der Waals surface area contributed by atoms with Crippen LogP contribution < -0.4 is 10.6 Å². The third-order valence-electron chi connectivity index (χ3n) is 3.06. The van der Waals surface area contributed by atoms with Crippen LogP contribution in [0.2, 0.25) is 5.02 Å². The van der Waals surface area contributed by atoms with Gasteiger partial charge in [0.25, 0.3) is 0 Å². The van der Waals surface area contributed by atoms with Gasteiger partial charge in [-0.15, -0.1) is 0 Å². The smallest absolute Gasteiger partial charge is 0.136 e. The molecule has 0 aliphatic carbocycles. The second-order valence-corrected chi connectivity index (χ2v) is 5.90. The Balaban J connectivity index is 2.21. The third-order valence-corrected chi connectivity index (χ3v) is 3.47. The molecule has 0 fully saturated rings.